The Morgan fingerprint density at radius 3 is 2.57 bits per heavy atom. The number of carbonyl (C=O) groups is 1. The molecule has 182 valence electrons. The summed E-state index contributed by atoms with van der Waals surface area (Å²) in [6.07, 6.45) is -3.15. The molecule has 1 amide bonds. The Morgan fingerprint density at radius 1 is 1.06 bits per heavy atom. The van der Waals surface area contributed by atoms with Crippen LogP contribution in [0, 0.1) is 0 Å². The van der Waals surface area contributed by atoms with Crippen molar-refractivity contribution in [3.8, 4) is 0 Å². The van der Waals surface area contributed by atoms with E-state index in [1.165, 1.54) is 13.0 Å². The minimum atomic E-state index is -4.41. The Labute approximate surface area is 205 Å². The highest BCUT2D eigenvalue weighted by molar-refractivity contribution is 7.99. The number of nitrogens with one attached hydrogen (secondary N) is 1. The lowest BCUT2D eigenvalue weighted by Gasteiger charge is -2.16. The van der Waals surface area contributed by atoms with Crippen molar-refractivity contribution in [2.45, 2.75) is 55.5 Å². The molecule has 1 heterocycles. The molecule has 8 heteroatoms. The summed E-state index contributed by atoms with van der Waals surface area (Å²) >= 11 is 1.13. The SMILES string of the molecule is CC(=O)Nc1ccc2c(CCc3cccc(Sc4cc(C(C)C)ccc4C(F)(F)F)c3)noc2c1. The quantitative estimate of drug-likeness (QED) is 0.282. The molecule has 0 saturated heterocycles. The summed E-state index contributed by atoms with van der Waals surface area (Å²) in [5.41, 5.74) is 3.25. The maximum Gasteiger partial charge on any atom is 0.417 e. The molecule has 0 aliphatic heterocycles. The standard InChI is InChI=1S/C27H25F3N2O2S/c1-16(2)19-8-11-23(27(28,29)30)26(14-19)35-21-6-4-5-18(13-21)7-12-24-22-10-9-20(31-17(3)33)15-25(22)34-32-24/h4-6,8-11,13-16H,7,12H2,1-3H3,(H,31,33). The van der Waals surface area contributed by atoms with Crippen molar-refractivity contribution in [3.63, 3.8) is 0 Å². The molecular formula is C27H25F3N2O2S. The fraction of sp³-hybridized carbons (Fsp3) is 0.259. The first-order valence-electron chi connectivity index (χ1n) is 11.2. The molecule has 0 fully saturated rings. The van der Waals surface area contributed by atoms with Crippen molar-refractivity contribution in [3.05, 3.63) is 83.0 Å². The third kappa shape index (κ3) is 6.06. The van der Waals surface area contributed by atoms with Crippen LogP contribution in [0.15, 0.2) is 75.0 Å². The predicted molar refractivity (Wildman–Crippen MR) is 132 cm³/mol. The highest BCUT2D eigenvalue weighted by atomic mass is 32.2. The first-order valence-corrected chi connectivity index (χ1v) is 12.1. The molecule has 0 unspecified atom stereocenters. The van der Waals surface area contributed by atoms with Gasteiger partial charge >= 0.3 is 6.18 Å². The first kappa shape index (κ1) is 24.9. The fourth-order valence-electron chi connectivity index (χ4n) is 3.82. The van der Waals surface area contributed by atoms with Gasteiger partial charge in [-0.25, -0.2) is 0 Å². The third-order valence-electron chi connectivity index (χ3n) is 5.62. The van der Waals surface area contributed by atoms with E-state index in [4.69, 9.17) is 4.52 Å². The topological polar surface area (TPSA) is 55.1 Å². The molecule has 0 spiro atoms. The van der Waals surface area contributed by atoms with E-state index < -0.39 is 11.7 Å². The summed E-state index contributed by atoms with van der Waals surface area (Å²) in [5.74, 6) is -0.0327. The van der Waals surface area contributed by atoms with Crippen LogP contribution in [0.25, 0.3) is 11.0 Å². The molecule has 1 aromatic heterocycles. The molecular weight excluding hydrogens is 473 g/mol. The monoisotopic (exact) mass is 498 g/mol. The zero-order chi connectivity index (χ0) is 25.2. The van der Waals surface area contributed by atoms with Gasteiger partial charge in [0.2, 0.25) is 5.91 Å². The van der Waals surface area contributed by atoms with E-state index in [1.807, 2.05) is 44.2 Å². The van der Waals surface area contributed by atoms with Crippen LogP contribution in [-0.2, 0) is 23.8 Å². The molecule has 0 bridgehead atoms. The number of fused-ring (bicyclic) bond motifs is 1. The van der Waals surface area contributed by atoms with Gasteiger partial charge in [0.15, 0.2) is 5.58 Å². The van der Waals surface area contributed by atoms with Gasteiger partial charge in [-0.3, -0.25) is 4.79 Å². The van der Waals surface area contributed by atoms with E-state index in [2.05, 4.69) is 10.5 Å². The van der Waals surface area contributed by atoms with Gasteiger partial charge in [0.25, 0.3) is 0 Å². The number of carbonyl (C=O) groups excluding carboxylic acids is 1. The minimum Gasteiger partial charge on any atom is -0.356 e. The summed E-state index contributed by atoms with van der Waals surface area (Å²) < 4.78 is 46.2. The maximum atomic E-state index is 13.6. The number of aryl methyl sites for hydroxylation is 2. The number of halogens is 3. The van der Waals surface area contributed by atoms with Crippen LogP contribution in [0.2, 0.25) is 0 Å². The van der Waals surface area contributed by atoms with Crippen LogP contribution in [-0.4, -0.2) is 11.1 Å². The number of alkyl halides is 3. The van der Waals surface area contributed by atoms with Crippen molar-refractivity contribution in [2.24, 2.45) is 0 Å². The number of hydrogen-bond acceptors (Lipinski definition) is 4. The Balaban J connectivity index is 1.52. The van der Waals surface area contributed by atoms with Gasteiger partial charge in [0, 0.05) is 33.9 Å². The molecule has 0 aliphatic rings. The molecule has 4 aromatic rings. The molecule has 0 aliphatic carbocycles. The van der Waals surface area contributed by atoms with Crippen molar-refractivity contribution >= 4 is 34.3 Å². The van der Waals surface area contributed by atoms with E-state index in [0.29, 0.717) is 24.1 Å². The Morgan fingerprint density at radius 2 is 1.86 bits per heavy atom. The Kier molecular flexibility index (Phi) is 7.21. The predicted octanol–water partition coefficient (Wildman–Crippen LogP) is 7.86. The van der Waals surface area contributed by atoms with Gasteiger partial charge in [-0.15, -0.1) is 0 Å². The second kappa shape index (κ2) is 10.2. The van der Waals surface area contributed by atoms with Gasteiger partial charge < -0.3 is 9.84 Å². The van der Waals surface area contributed by atoms with Gasteiger partial charge in [-0.05, 0) is 66.3 Å². The molecule has 1 N–H and O–H groups in total. The van der Waals surface area contributed by atoms with E-state index in [9.17, 15) is 18.0 Å². The summed E-state index contributed by atoms with van der Waals surface area (Å²) in [5, 5.41) is 7.75. The van der Waals surface area contributed by atoms with E-state index in [1.54, 1.807) is 24.3 Å². The molecule has 4 rings (SSSR count). The highest BCUT2D eigenvalue weighted by Gasteiger charge is 2.33. The average molecular weight is 499 g/mol. The first-order chi connectivity index (χ1) is 16.6. The summed E-state index contributed by atoms with van der Waals surface area (Å²) in [4.78, 5) is 12.2. The second-order valence-electron chi connectivity index (χ2n) is 8.68. The number of nitrogens with zero attached hydrogens (tertiary/aromatic N) is 1. The van der Waals surface area contributed by atoms with E-state index in [0.717, 1.165) is 38.9 Å². The zero-order valence-electron chi connectivity index (χ0n) is 19.6. The lowest BCUT2D eigenvalue weighted by molar-refractivity contribution is -0.139. The van der Waals surface area contributed by atoms with Crippen LogP contribution in [0.5, 0.6) is 0 Å². The summed E-state index contributed by atoms with van der Waals surface area (Å²) in [6, 6.07) is 17.3. The van der Waals surface area contributed by atoms with Gasteiger partial charge in [0.1, 0.15) is 0 Å². The average Bonchev–Trinajstić information content (AvgIpc) is 3.19. The van der Waals surface area contributed by atoms with E-state index in [-0.39, 0.29) is 16.7 Å². The lowest BCUT2D eigenvalue weighted by Crippen LogP contribution is -2.07. The maximum absolute atomic E-state index is 13.6. The molecule has 35 heavy (non-hydrogen) atoms. The zero-order valence-corrected chi connectivity index (χ0v) is 20.4. The summed E-state index contributed by atoms with van der Waals surface area (Å²) in [7, 11) is 0. The smallest absolute Gasteiger partial charge is 0.356 e. The van der Waals surface area contributed by atoms with Gasteiger partial charge in [-0.2, -0.15) is 13.2 Å². The lowest BCUT2D eigenvalue weighted by atomic mass is 10.0. The normalized spacial score (nSPS) is 11.9. The number of rotatable bonds is 7. The molecule has 4 nitrogen and oxygen atoms in total. The number of hydrogen-bond donors (Lipinski definition) is 1. The van der Waals surface area contributed by atoms with Crippen LogP contribution < -0.4 is 5.32 Å². The van der Waals surface area contributed by atoms with Crippen molar-refractivity contribution in [1.29, 1.82) is 0 Å². The number of benzene rings is 3. The van der Waals surface area contributed by atoms with Crippen molar-refractivity contribution in [2.75, 3.05) is 5.32 Å². The molecule has 0 saturated carbocycles. The number of anilines is 1. The van der Waals surface area contributed by atoms with Crippen LogP contribution in [0.1, 0.15) is 49.1 Å². The number of amides is 1. The van der Waals surface area contributed by atoms with Crippen molar-refractivity contribution in [1.82, 2.24) is 5.16 Å². The molecule has 0 radical (unpaired) electrons. The Hall–Kier alpha value is -3.26. The highest BCUT2D eigenvalue weighted by Crippen LogP contribution is 2.41. The van der Waals surface area contributed by atoms with Crippen LogP contribution in [0.4, 0.5) is 18.9 Å². The van der Waals surface area contributed by atoms with Crippen molar-refractivity contribution < 1.29 is 22.5 Å². The fourth-order valence-corrected chi connectivity index (χ4v) is 4.92. The van der Waals surface area contributed by atoms with Gasteiger partial charge in [-0.1, -0.05) is 49.0 Å². The molecule has 3 aromatic carbocycles. The second-order valence-corrected chi connectivity index (χ2v) is 9.79. The summed E-state index contributed by atoms with van der Waals surface area (Å²) in [6.45, 7) is 5.37. The van der Waals surface area contributed by atoms with E-state index >= 15 is 0 Å². The van der Waals surface area contributed by atoms with Gasteiger partial charge in [0.05, 0.1) is 11.3 Å². The number of aromatic nitrogens is 1. The largest absolute Gasteiger partial charge is 0.417 e. The molecule has 0 atom stereocenters. The van der Waals surface area contributed by atoms with Crippen LogP contribution in [0.3, 0.4) is 0 Å². The minimum absolute atomic E-state index is 0.134. The Bertz CT molecular complexity index is 1360. The van der Waals surface area contributed by atoms with Crippen LogP contribution >= 0.6 is 11.8 Å². The third-order valence-corrected chi connectivity index (χ3v) is 6.67.